The van der Waals surface area contributed by atoms with Crippen LogP contribution in [0.1, 0.15) is 78.6 Å². The van der Waals surface area contributed by atoms with Crippen LogP contribution in [-0.2, 0) is 4.74 Å². The molecule has 0 saturated carbocycles. The number of alkyl carbamates (subject to hydrolysis) is 1. The molecule has 2 atom stereocenters. The minimum atomic E-state index is -0.488. The molecule has 0 aromatic carbocycles. The lowest BCUT2D eigenvalue weighted by Crippen LogP contribution is -2.34. The molecule has 1 amide bonds. The van der Waals surface area contributed by atoms with Crippen LogP contribution in [0.25, 0.3) is 0 Å². The Labute approximate surface area is 128 Å². The molecule has 1 heterocycles. The molecular weight excluding hydrogens is 266 g/mol. The van der Waals surface area contributed by atoms with Gasteiger partial charge in [-0.3, -0.25) is 0 Å². The smallest absolute Gasteiger partial charge is 0.408 e. The van der Waals surface area contributed by atoms with Gasteiger partial charge in [-0.2, -0.15) is 0 Å². The molecule has 1 N–H and O–H groups in total. The first kappa shape index (κ1) is 17.5. The molecule has 0 aliphatic rings. The lowest BCUT2D eigenvalue weighted by molar-refractivity contribution is 0.0505. The van der Waals surface area contributed by atoms with Gasteiger partial charge in [0.2, 0.25) is 0 Å². The minimum absolute atomic E-state index is 0.131. The van der Waals surface area contributed by atoms with Crippen molar-refractivity contribution in [3.63, 3.8) is 0 Å². The van der Waals surface area contributed by atoms with E-state index in [0.717, 1.165) is 25.0 Å². The summed E-state index contributed by atoms with van der Waals surface area (Å²) in [6.07, 6.45) is 6.57. The Balaban J connectivity index is 2.77. The number of amides is 1. The zero-order chi connectivity index (χ0) is 16.0. The van der Waals surface area contributed by atoms with Crippen LogP contribution in [0, 0.1) is 0 Å². The summed E-state index contributed by atoms with van der Waals surface area (Å²) in [6.45, 7) is 11.9. The van der Waals surface area contributed by atoms with E-state index in [1.165, 1.54) is 0 Å². The first-order chi connectivity index (χ1) is 9.78. The number of nitrogens with one attached hydrogen (secondary N) is 1. The normalized spacial score (nSPS) is 14.6. The van der Waals surface area contributed by atoms with E-state index in [9.17, 15) is 4.79 Å². The molecule has 0 bridgehead atoms. The third-order valence-corrected chi connectivity index (χ3v) is 3.36. The number of carbonyl (C=O) groups is 1. The molecule has 1 aromatic heterocycles. The fourth-order valence-corrected chi connectivity index (χ4v) is 2.39. The summed E-state index contributed by atoms with van der Waals surface area (Å²) in [6, 6.07) is 0.295. The van der Waals surface area contributed by atoms with Crippen LogP contribution < -0.4 is 5.32 Å². The largest absolute Gasteiger partial charge is 0.444 e. The Hall–Kier alpha value is -1.52. The van der Waals surface area contributed by atoms with Gasteiger partial charge in [0.1, 0.15) is 5.60 Å². The second-order valence-electron chi connectivity index (χ2n) is 6.44. The molecule has 2 unspecified atom stereocenters. The molecule has 0 radical (unpaired) electrons. The van der Waals surface area contributed by atoms with Crippen LogP contribution in [0.3, 0.4) is 0 Å². The molecule has 1 rings (SSSR count). The average molecular weight is 295 g/mol. The number of ether oxygens (including phenoxy) is 1. The molecule has 0 spiro atoms. The number of hydrogen-bond acceptors (Lipinski definition) is 3. The lowest BCUT2D eigenvalue weighted by Gasteiger charge is -2.24. The summed E-state index contributed by atoms with van der Waals surface area (Å²) in [7, 11) is 0. The SMILES string of the molecule is CCCC(CC)n1cncc1C(C)NC(=O)OC(C)(C)C. The van der Waals surface area contributed by atoms with Crippen molar-refractivity contribution in [2.24, 2.45) is 0 Å². The van der Waals surface area contributed by atoms with Crippen LogP contribution in [0.4, 0.5) is 4.79 Å². The van der Waals surface area contributed by atoms with Crippen molar-refractivity contribution in [3.8, 4) is 0 Å². The molecule has 0 aliphatic carbocycles. The van der Waals surface area contributed by atoms with Gasteiger partial charge in [0.05, 0.1) is 24.3 Å². The van der Waals surface area contributed by atoms with Gasteiger partial charge in [0.15, 0.2) is 0 Å². The first-order valence-corrected chi connectivity index (χ1v) is 7.79. The Morgan fingerprint density at radius 1 is 1.43 bits per heavy atom. The second kappa shape index (κ2) is 7.48. The standard InChI is InChI=1S/C16H29N3O2/c1-7-9-13(8-2)19-11-17-10-14(19)12(3)18-15(20)21-16(4,5)6/h10-13H,7-9H2,1-6H3,(H,18,20). The predicted octanol–water partition coefficient (Wildman–Crippen LogP) is 4.22. The number of imidazole rings is 1. The Bertz CT molecular complexity index is 449. The highest BCUT2D eigenvalue weighted by Gasteiger charge is 2.21. The predicted molar refractivity (Wildman–Crippen MR) is 84.2 cm³/mol. The molecule has 21 heavy (non-hydrogen) atoms. The van der Waals surface area contributed by atoms with E-state index in [-0.39, 0.29) is 6.04 Å². The Morgan fingerprint density at radius 3 is 2.62 bits per heavy atom. The number of aromatic nitrogens is 2. The number of rotatable bonds is 6. The highest BCUT2D eigenvalue weighted by Crippen LogP contribution is 2.23. The molecule has 0 fully saturated rings. The van der Waals surface area contributed by atoms with Crippen molar-refractivity contribution in [2.45, 2.75) is 78.5 Å². The fraction of sp³-hybridized carbons (Fsp3) is 0.750. The highest BCUT2D eigenvalue weighted by atomic mass is 16.6. The van der Waals surface area contributed by atoms with Crippen molar-refractivity contribution in [1.82, 2.24) is 14.9 Å². The van der Waals surface area contributed by atoms with Crippen LogP contribution in [0.15, 0.2) is 12.5 Å². The van der Waals surface area contributed by atoms with Crippen LogP contribution in [0.5, 0.6) is 0 Å². The van der Waals surface area contributed by atoms with Crippen LogP contribution in [0.2, 0.25) is 0 Å². The van der Waals surface area contributed by atoms with Gasteiger partial charge in [-0.15, -0.1) is 0 Å². The summed E-state index contributed by atoms with van der Waals surface area (Å²) in [5, 5.41) is 2.88. The van der Waals surface area contributed by atoms with E-state index in [0.29, 0.717) is 6.04 Å². The van der Waals surface area contributed by atoms with E-state index < -0.39 is 11.7 Å². The van der Waals surface area contributed by atoms with E-state index in [4.69, 9.17) is 4.74 Å². The molecule has 1 aromatic rings. The van der Waals surface area contributed by atoms with Gasteiger partial charge in [-0.1, -0.05) is 20.3 Å². The maximum absolute atomic E-state index is 11.9. The van der Waals surface area contributed by atoms with Gasteiger partial charge in [0.25, 0.3) is 0 Å². The van der Waals surface area contributed by atoms with E-state index >= 15 is 0 Å². The molecule has 0 saturated heterocycles. The maximum atomic E-state index is 11.9. The molecule has 5 heteroatoms. The van der Waals surface area contributed by atoms with Gasteiger partial charge in [-0.25, -0.2) is 9.78 Å². The van der Waals surface area contributed by atoms with E-state index in [1.54, 1.807) is 0 Å². The summed E-state index contributed by atoms with van der Waals surface area (Å²) in [5.74, 6) is 0. The third kappa shape index (κ3) is 5.40. The van der Waals surface area contributed by atoms with Gasteiger partial charge in [0, 0.05) is 6.04 Å². The van der Waals surface area contributed by atoms with Crippen LogP contribution in [-0.4, -0.2) is 21.2 Å². The first-order valence-electron chi connectivity index (χ1n) is 7.79. The highest BCUT2D eigenvalue weighted by molar-refractivity contribution is 5.68. The number of nitrogens with zero attached hydrogens (tertiary/aromatic N) is 2. The van der Waals surface area contributed by atoms with Crippen molar-refractivity contribution >= 4 is 6.09 Å². The summed E-state index contributed by atoms with van der Waals surface area (Å²) >= 11 is 0. The van der Waals surface area contributed by atoms with Crippen molar-refractivity contribution in [3.05, 3.63) is 18.2 Å². The zero-order valence-electron chi connectivity index (χ0n) is 14.1. The van der Waals surface area contributed by atoms with E-state index in [2.05, 4.69) is 28.7 Å². The summed E-state index contributed by atoms with van der Waals surface area (Å²) < 4.78 is 7.47. The van der Waals surface area contributed by atoms with Gasteiger partial charge >= 0.3 is 6.09 Å². The zero-order valence-corrected chi connectivity index (χ0v) is 14.1. The third-order valence-electron chi connectivity index (χ3n) is 3.36. The average Bonchev–Trinajstić information content (AvgIpc) is 2.82. The molecule has 120 valence electrons. The summed E-state index contributed by atoms with van der Waals surface area (Å²) in [4.78, 5) is 16.1. The number of carbonyl (C=O) groups excluding carboxylic acids is 1. The minimum Gasteiger partial charge on any atom is -0.444 e. The van der Waals surface area contributed by atoms with Crippen molar-refractivity contribution in [2.75, 3.05) is 0 Å². The lowest BCUT2D eigenvalue weighted by atomic mass is 10.1. The quantitative estimate of drug-likeness (QED) is 0.855. The van der Waals surface area contributed by atoms with Crippen molar-refractivity contribution < 1.29 is 9.53 Å². The maximum Gasteiger partial charge on any atom is 0.408 e. The van der Waals surface area contributed by atoms with Gasteiger partial charge in [-0.05, 0) is 40.5 Å². The van der Waals surface area contributed by atoms with Gasteiger partial charge < -0.3 is 14.6 Å². The molecule has 5 nitrogen and oxygen atoms in total. The monoisotopic (exact) mass is 295 g/mol. The number of hydrogen-bond donors (Lipinski definition) is 1. The van der Waals surface area contributed by atoms with Crippen LogP contribution >= 0.6 is 0 Å². The fourth-order valence-electron chi connectivity index (χ4n) is 2.39. The van der Waals surface area contributed by atoms with Crippen molar-refractivity contribution in [1.29, 1.82) is 0 Å². The summed E-state index contributed by atoms with van der Waals surface area (Å²) in [5.41, 5.74) is 0.527. The van der Waals surface area contributed by atoms with E-state index in [1.807, 2.05) is 40.2 Å². The topological polar surface area (TPSA) is 56.2 Å². The Morgan fingerprint density at radius 2 is 2.10 bits per heavy atom. The Kier molecular flexibility index (Phi) is 6.24. The second-order valence-corrected chi connectivity index (χ2v) is 6.44. The molecular formula is C16H29N3O2. The molecule has 0 aliphatic heterocycles.